The summed E-state index contributed by atoms with van der Waals surface area (Å²) in [4.78, 5) is 0. The van der Waals surface area contributed by atoms with Crippen molar-refractivity contribution in [2.75, 3.05) is 0 Å². The van der Waals surface area contributed by atoms with E-state index in [0.29, 0.717) is 11.8 Å². The smallest absolute Gasteiger partial charge is 0.0103 e. The molecule has 0 heteroatoms. The Kier molecular flexibility index (Phi) is 4.59. The van der Waals surface area contributed by atoms with Gasteiger partial charge in [0.15, 0.2) is 0 Å². The highest BCUT2D eigenvalue weighted by molar-refractivity contribution is 5.36. The monoisotopic (exact) mass is 328 g/mol. The molecule has 0 aliphatic heterocycles. The zero-order valence-corrected chi connectivity index (χ0v) is 17.3. The third kappa shape index (κ3) is 2.24. The van der Waals surface area contributed by atoms with Crippen LogP contribution in [0.15, 0.2) is 24.3 Å². The zero-order chi connectivity index (χ0) is 18.1. The number of allylic oxidation sites excluding steroid dienone is 2. The highest BCUT2D eigenvalue weighted by atomic mass is 14.6. The topological polar surface area (TPSA) is 0 Å². The Morgan fingerprint density at radius 1 is 0.458 bits per heavy atom. The van der Waals surface area contributed by atoms with Crippen LogP contribution in [0.25, 0.3) is 0 Å². The Bertz CT molecular complexity index is 528. The van der Waals surface area contributed by atoms with Crippen molar-refractivity contribution in [3.63, 3.8) is 0 Å². The first kappa shape index (κ1) is 18.3. The van der Waals surface area contributed by atoms with Crippen LogP contribution in [0.4, 0.5) is 0 Å². The molecule has 24 heavy (non-hydrogen) atoms. The van der Waals surface area contributed by atoms with Gasteiger partial charge in [-0.1, -0.05) is 68.5 Å². The van der Waals surface area contributed by atoms with Crippen LogP contribution >= 0.6 is 0 Å². The Labute approximate surface area is 151 Å². The fourth-order valence-corrected chi connectivity index (χ4v) is 7.70. The Hall–Kier alpha value is -0.520. The van der Waals surface area contributed by atoms with Gasteiger partial charge in [0.2, 0.25) is 0 Å². The van der Waals surface area contributed by atoms with E-state index in [0.717, 1.165) is 59.2 Å². The molecule has 0 aromatic rings. The minimum Gasteiger partial charge on any atom is -0.0953 e. The van der Waals surface area contributed by atoms with E-state index < -0.39 is 0 Å². The van der Waals surface area contributed by atoms with Crippen LogP contribution in [0.1, 0.15) is 55.4 Å². The van der Waals surface area contributed by atoms with Gasteiger partial charge in [0.25, 0.3) is 0 Å². The Morgan fingerprint density at radius 2 is 0.917 bits per heavy atom. The summed E-state index contributed by atoms with van der Waals surface area (Å²) < 4.78 is 0. The second-order valence-corrected chi connectivity index (χ2v) is 10.1. The molecule has 0 aromatic heterocycles. The molecular formula is C24H40. The van der Waals surface area contributed by atoms with Crippen LogP contribution in [-0.2, 0) is 0 Å². The Balaban J connectivity index is 2.06. The summed E-state index contributed by atoms with van der Waals surface area (Å²) in [5.41, 5.74) is 2.74. The molecule has 0 saturated heterocycles. The highest BCUT2D eigenvalue weighted by Gasteiger charge is 2.58. The van der Waals surface area contributed by atoms with Gasteiger partial charge in [0, 0.05) is 0 Å². The maximum absolute atomic E-state index is 4.57. The van der Waals surface area contributed by atoms with Crippen LogP contribution in [0.5, 0.6) is 0 Å². The SMILES string of the molecule is C=C1C(=C)C2C(C)C3C(C)C(C)C(C)C(C)C3C(C)C2C(C)C1C. The summed E-state index contributed by atoms with van der Waals surface area (Å²) in [7, 11) is 0. The molecule has 3 rings (SSSR count). The molecule has 0 radical (unpaired) electrons. The number of hydrogen-bond acceptors (Lipinski definition) is 0. The second-order valence-electron chi connectivity index (χ2n) is 10.1. The fraction of sp³-hybridized carbons (Fsp3) is 0.833. The Morgan fingerprint density at radius 3 is 1.42 bits per heavy atom. The first-order chi connectivity index (χ1) is 11.1. The van der Waals surface area contributed by atoms with Gasteiger partial charge in [-0.15, -0.1) is 0 Å². The second kappa shape index (κ2) is 6.03. The summed E-state index contributed by atoms with van der Waals surface area (Å²) in [6, 6.07) is 0. The zero-order valence-electron chi connectivity index (χ0n) is 17.3. The molecule has 3 saturated carbocycles. The van der Waals surface area contributed by atoms with E-state index in [-0.39, 0.29) is 0 Å². The summed E-state index contributed by atoms with van der Waals surface area (Å²) in [6.07, 6.45) is 0. The first-order valence-electron chi connectivity index (χ1n) is 10.5. The van der Waals surface area contributed by atoms with Gasteiger partial charge < -0.3 is 0 Å². The van der Waals surface area contributed by atoms with E-state index in [9.17, 15) is 0 Å². The summed E-state index contributed by atoms with van der Waals surface area (Å²) in [5.74, 6) is 9.46. The van der Waals surface area contributed by atoms with E-state index in [2.05, 4.69) is 68.5 Å². The van der Waals surface area contributed by atoms with Gasteiger partial charge in [-0.25, -0.2) is 0 Å². The van der Waals surface area contributed by atoms with E-state index >= 15 is 0 Å². The molecule has 0 aromatic carbocycles. The summed E-state index contributed by atoms with van der Waals surface area (Å²) >= 11 is 0. The normalized spacial score (nSPS) is 58.2. The van der Waals surface area contributed by atoms with Crippen molar-refractivity contribution in [2.45, 2.75) is 55.4 Å². The average molecular weight is 329 g/mol. The van der Waals surface area contributed by atoms with Crippen LogP contribution in [-0.4, -0.2) is 0 Å². The predicted octanol–water partition coefficient (Wildman–Crippen LogP) is 6.69. The van der Waals surface area contributed by atoms with E-state index in [4.69, 9.17) is 0 Å². The van der Waals surface area contributed by atoms with Gasteiger partial charge >= 0.3 is 0 Å². The lowest BCUT2D eigenvalue weighted by Gasteiger charge is -2.63. The lowest BCUT2D eigenvalue weighted by molar-refractivity contribution is -0.125. The molecule has 0 spiro atoms. The molecule has 0 heterocycles. The van der Waals surface area contributed by atoms with Gasteiger partial charge in [0.05, 0.1) is 0 Å². The number of hydrogen-bond donors (Lipinski definition) is 0. The highest BCUT2D eigenvalue weighted by Crippen LogP contribution is 2.63. The van der Waals surface area contributed by atoms with Crippen LogP contribution in [0, 0.1) is 71.0 Å². The maximum Gasteiger partial charge on any atom is -0.0103 e. The molecule has 3 fully saturated rings. The van der Waals surface area contributed by atoms with Crippen molar-refractivity contribution in [3.8, 4) is 0 Å². The molecule has 0 amide bonds. The minimum absolute atomic E-state index is 0.595. The molecule has 0 bridgehead atoms. The molecule has 0 N–H and O–H groups in total. The average Bonchev–Trinajstić information content (AvgIpc) is 2.55. The standard InChI is InChI=1S/C24H40/c1-11-12(2)16(6)22-20(10)24-18(8)14(4)13(3)17(7)23(24)19(9)21(22)15(11)5/h12-14,16-24H,1,5H2,2-4,6-10H3. The third-order valence-corrected chi connectivity index (χ3v) is 9.71. The molecule has 12 unspecified atom stereocenters. The van der Waals surface area contributed by atoms with E-state index in [1.807, 2.05) is 0 Å². The lowest BCUT2D eigenvalue weighted by Crippen LogP contribution is -2.58. The molecule has 0 nitrogen and oxygen atoms in total. The van der Waals surface area contributed by atoms with Crippen molar-refractivity contribution >= 4 is 0 Å². The molecule has 3 aliphatic rings. The van der Waals surface area contributed by atoms with Crippen molar-refractivity contribution in [3.05, 3.63) is 24.3 Å². The fourth-order valence-electron chi connectivity index (χ4n) is 7.70. The predicted molar refractivity (Wildman–Crippen MR) is 106 cm³/mol. The minimum atomic E-state index is 0.595. The van der Waals surface area contributed by atoms with E-state index in [1.54, 1.807) is 0 Å². The quantitative estimate of drug-likeness (QED) is 0.464. The van der Waals surface area contributed by atoms with Crippen molar-refractivity contribution < 1.29 is 0 Å². The molecule has 12 atom stereocenters. The molecular weight excluding hydrogens is 288 g/mol. The molecule has 136 valence electrons. The van der Waals surface area contributed by atoms with Crippen molar-refractivity contribution in [1.82, 2.24) is 0 Å². The molecule has 3 aliphatic carbocycles. The van der Waals surface area contributed by atoms with Gasteiger partial charge in [-0.3, -0.25) is 0 Å². The first-order valence-corrected chi connectivity index (χ1v) is 10.5. The van der Waals surface area contributed by atoms with Gasteiger partial charge in [-0.2, -0.15) is 0 Å². The van der Waals surface area contributed by atoms with Crippen LogP contribution < -0.4 is 0 Å². The van der Waals surface area contributed by atoms with Crippen molar-refractivity contribution in [1.29, 1.82) is 0 Å². The third-order valence-electron chi connectivity index (χ3n) is 9.71. The lowest BCUT2D eigenvalue weighted by atomic mass is 9.42. The summed E-state index contributed by atoms with van der Waals surface area (Å²) in [5, 5.41) is 0. The van der Waals surface area contributed by atoms with Gasteiger partial charge in [0.1, 0.15) is 0 Å². The summed E-state index contributed by atoms with van der Waals surface area (Å²) in [6.45, 7) is 29.1. The maximum atomic E-state index is 4.57. The van der Waals surface area contributed by atoms with Crippen LogP contribution in [0.2, 0.25) is 0 Å². The van der Waals surface area contributed by atoms with Crippen LogP contribution in [0.3, 0.4) is 0 Å². The number of rotatable bonds is 0. The van der Waals surface area contributed by atoms with Crippen molar-refractivity contribution in [2.24, 2.45) is 71.0 Å². The van der Waals surface area contributed by atoms with Gasteiger partial charge in [-0.05, 0) is 82.2 Å². The largest absolute Gasteiger partial charge is 0.0953 e. The van der Waals surface area contributed by atoms with E-state index in [1.165, 1.54) is 11.1 Å². The number of fused-ring (bicyclic) bond motifs is 2.